The molecule has 0 amide bonds. The molecule has 0 saturated heterocycles. The van der Waals surface area contributed by atoms with Crippen LogP contribution in [-0.4, -0.2) is 18.5 Å². The average molecular weight is 651 g/mol. The molecule has 258 valence electrons. The van der Waals surface area contributed by atoms with E-state index in [1.165, 1.54) is 114 Å². The standard InChI is InChI=1S/C44H58O4/c1-3-5-8-12-33-16-20-35(21-17-33)37-24-28-40(29-25-37)43(45)47-32-42(39-14-10-7-11-15-39)48-44(46)41-30-26-38(27-31-41)36-22-18-34(19-23-36)13-9-6-4-2/h7,10-11,14-15,24-31,33-36,42H,3-6,8-9,12-13,16-23,32H2,1-2H3/t33?,34-,35?,36-,42-/m0/s1. The van der Waals surface area contributed by atoms with Gasteiger partial charge in [0.1, 0.15) is 6.61 Å². The van der Waals surface area contributed by atoms with Crippen molar-refractivity contribution in [3.05, 3.63) is 107 Å². The van der Waals surface area contributed by atoms with Crippen LogP contribution < -0.4 is 0 Å². The van der Waals surface area contributed by atoms with Gasteiger partial charge < -0.3 is 9.47 Å². The molecule has 0 aliphatic heterocycles. The molecule has 0 radical (unpaired) electrons. The summed E-state index contributed by atoms with van der Waals surface area (Å²) in [6.45, 7) is 4.50. The minimum atomic E-state index is -0.697. The molecule has 2 saturated carbocycles. The van der Waals surface area contributed by atoms with Crippen molar-refractivity contribution >= 4 is 11.9 Å². The summed E-state index contributed by atoms with van der Waals surface area (Å²) in [5.41, 5.74) is 4.47. The maximum Gasteiger partial charge on any atom is 0.338 e. The Morgan fingerprint density at radius 2 is 1.04 bits per heavy atom. The predicted octanol–water partition coefficient (Wildman–Crippen LogP) is 12.1. The number of benzene rings is 3. The Bertz CT molecular complexity index is 1360. The highest BCUT2D eigenvalue weighted by atomic mass is 16.6. The van der Waals surface area contributed by atoms with Crippen LogP contribution in [0.4, 0.5) is 0 Å². The lowest BCUT2D eigenvalue weighted by molar-refractivity contribution is -0.00134. The van der Waals surface area contributed by atoms with Crippen molar-refractivity contribution in [2.45, 2.75) is 135 Å². The number of carbonyl (C=O) groups is 2. The van der Waals surface area contributed by atoms with Crippen molar-refractivity contribution in [2.75, 3.05) is 6.61 Å². The van der Waals surface area contributed by atoms with Gasteiger partial charge in [-0.2, -0.15) is 0 Å². The number of carbonyl (C=O) groups excluding carboxylic acids is 2. The van der Waals surface area contributed by atoms with E-state index in [0.717, 1.165) is 17.4 Å². The molecule has 2 aliphatic carbocycles. The van der Waals surface area contributed by atoms with Gasteiger partial charge in [0.25, 0.3) is 0 Å². The SMILES string of the molecule is CCCCCC1CCC(c2ccc(C(=O)OC[C@H](OC(=O)c3ccc([C@H]4CC[C@H](CCCCC)CC4)cc3)c3ccccc3)cc2)CC1. The molecular formula is C44H58O4. The highest BCUT2D eigenvalue weighted by Crippen LogP contribution is 2.39. The Morgan fingerprint density at radius 3 is 1.50 bits per heavy atom. The molecule has 2 aliphatic rings. The van der Waals surface area contributed by atoms with Crippen molar-refractivity contribution in [1.29, 1.82) is 0 Å². The second-order valence-electron chi connectivity index (χ2n) is 14.6. The van der Waals surface area contributed by atoms with E-state index >= 15 is 0 Å². The van der Waals surface area contributed by atoms with Gasteiger partial charge in [-0.1, -0.05) is 120 Å². The summed E-state index contributed by atoms with van der Waals surface area (Å²) in [7, 11) is 0. The van der Waals surface area contributed by atoms with E-state index in [1.54, 1.807) is 0 Å². The summed E-state index contributed by atoms with van der Waals surface area (Å²) in [6, 6.07) is 25.5. The first-order valence-corrected chi connectivity index (χ1v) is 19.2. The van der Waals surface area contributed by atoms with E-state index in [1.807, 2.05) is 54.6 Å². The zero-order valence-corrected chi connectivity index (χ0v) is 29.5. The van der Waals surface area contributed by atoms with Crippen LogP contribution >= 0.6 is 0 Å². The number of esters is 2. The molecule has 0 spiro atoms. The van der Waals surface area contributed by atoms with Crippen LogP contribution in [0.5, 0.6) is 0 Å². The predicted molar refractivity (Wildman–Crippen MR) is 195 cm³/mol. The Balaban J connectivity index is 1.12. The molecule has 48 heavy (non-hydrogen) atoms. The molecular weight excluding hydrogens is 592 g/mol. The molecule has 3 aromatic rings. The summed E-state index contributed by atoms with van der Waals surface area (Å²) in [6.07, 6.45) is 20.2. The van der Waals surface area contributed by atoms with Crippen molar-refractivity contribution in [3.63, 3.8) is 0 Å². The molecule has 0 bridgehead atoms. The molecule has 0 aromatic heterocycles. The fraction of sp³-hybridized carbons (Fsp3) is 0.545. The molecule has 2 fully saturated rings. The number of rotatable bonds is 16. The Labute approximate surface area is 290 Å². The van der Waals surface area contributed by atoms with E-state index in [0.29, 0.717) is 23.0 Å². The molecule has 4 nitrogen and oxygen atoms in total. The van der Waals surface area contributed by atoms with E-state index in [4.69, 9.17) is 9.47 Å². The second-order valence-corrected chi connectivity index (χ2v) is 14.6. The maximum atomic E-state index is 13.3. The van der Waals surface area contributed by atoms with E-state index in [2.05, 4.69) is 38.1 Å². The molecule has 0 unspecified atom stereocenters. The largest absolute Gasteiger partial charge is 0.458 e. The third-order valence-electron chi connectivity index (χ3n) is 11.1. The Morgan fingerprint density at radius 1 is 0.583 bits per heavy atom. The number of hydrogen-bond acceptors (Lipinski definition) is 4. The van der Waals surface area contributed by atoms with Crippen LogP contribution in [0, 0.1) is 11.8 Å². The zero-order chi connectivity index (χ0) is 33.6. The normalized spacial score (nSPS) is 21.7. The number of hydrogen-bond donors (Lipinski definition) is 0. The van der Waals surface area contributed by atoms with Gasteiger partial charge in [0, 0.05) is 0 Å². The molecule has 4 heteroatoms. The van der Waals surface area contributed by atoms with Crippen LogP contribution in [0.1, 0.15) is 172 Å². The van der Waals surface area contributed by atoms with Crippen molar-refractivity contribution in [2.24, 2.45) is 11.8 Å². The van der Waals surface area contributed by atoms with Gasteiger partial charge in [0.05, 0.1) is 11.1 Å². The summed E-state index contributed by atoms with van der Waals surface area (Å²) in [4.78, 5) is 26.4. The zero-order valence-electron chi connectivity index (χ0n) is 29.5. The molecule has 0 heterocycles. The van der Waals surface area contributed by atoms with Crippen LogP contribution in [-0.2, 0) is 9.47 Å². The minimum Gasteiger partial charge on any atom is -0.458 e. The highest BCUT2D eigenvalue weighted by Gasteiger charge is 2.25. The Kier molecular flexibility index (Phi) is 14.2. The third kappa shape index (κ3) is 10.5. The molecule has 5 rings (SSSR count). The topological polar surface area (TPSA) is 52.6 Å². The van der Waals surface area contributed by atoms with E-state index in [9.17, 15) is 9.59 Å². The summed E-state index contributed by atoms with van der Waals surface area (Å²) < 4.78 is 11.7. The minimum absolute atomic E-state index is 0.0437. The fourth-order valence-electron chi connectivity index (χ4n) is 8.02. The van der Waals surface area contributed by atoms with Gasteiger partial charge in [0.2, 0.25) is 0 Å². The highest BCUT2D eigenvalue weighted by molar-refractivity contribution is 5.90. The molecule has 0 N–H and O–H groups in total. The number of ether oxygens (including phenoxy) is 2. The quantitative estimate of drug-likeness (QED) is 0.114. The Hall–Kier alpha value is -3.40. The van der Waals surface area contributed by atoms with Crippen LogP contribution in [0.25, 0.3) is 0 Å². The van der Waals surface area contributed by atoms with E-state index in [-0.39, 0.29) is 6.61 Å². The summed E-state index contributed by atoms with van der Waals surface area (Å²) in [5.74, 6) is 2.09. The third-order valence-corrected chi connectivity index (χ3v) is 11.1. The lowest BCUT2D eigenvalue weighted by Gasteiger charge is -2.29. The van der Waals surface area contributed by atoms with E-state index < -0.39 is 18.0 Å². The second kappa shape index (κ2) is 19.0. The lowest BCUT2D eigenvalue weighted by Crippen LogP contribution is -2.19. The summed E-state index contributed by atoms with van der Waals surface area (Å²) in [5, 5.41) is 0. The fourth-order valence-corrected chi connectivity index (χ4v) is 8.02. The first-order valence-electron chi connectivity index (χ1n) is 19.2. The molecule has 3 aromatic carbocycles. The van der Waals surface area contributed by atoms with Crippen LogP contribution in [0.15, 0.2) is 78.9 Å². The van der Waals surface area contributed by atoms with Gasteiger partial charge in [0.15, 0.2) is 6.10 Å². The van der Waals surface area contributed by atoms with Gasteiger partial charge in [-0.3, -0.25) is 0 Å². The first kappa shape index (κ1) is 35.9. The van der Waals surface area contributed by atoms with Gasteiger partial charge in [-0.15, -0.1) is 0 Å². The average Bonchev–Trinajstić information content (AvgIpc) is 3.14. The van der Waals surface area contributed by atoms with Crippen molar-refractivity contribution < 1.29 is 19.1 Å². The van der Waals surface area contributed by atoms with Gasteiger partial charge in [-0.25, -0.2) is 9.59 Å². The van der Waals surface area contributed by atoms with Crippen LogP contribution in [0.2, 0.25) is 0 Å². The molecule has 1 atom stereocenters. The summed E-state index contributed by atoms with van der Waals surface area (Å²) >= 11 is 0. The number of unbranched alkanes of at least 4 members (excludes halogenated alkanes) is 4. The van der Waals surface area contributed by atoms with Crippen LogP contribution in [0.3, 0.4) is 0 Å². The monoisotopic (exact) mass is 650 g/mol. The smallest absolute Gasteiger partial charge is 0.338 e. The maximum absolute atomic E-state index is 13.3. The van der Waals surface area contributed by atoms with Crippen molar-refractivity contribution in [1.82, 2.24) is 0 Å². The lowest BCUT2D eigenvalue weighted by atomic mass is 9.77. The van der Waals surface area contributed by atoms with Gasteiger partial charge >= 0.3 is 11.9 Å². The van der Waals surface area contributed by atoms with Crippen molar-refractivity contribution in [3.8, 4) is 0 Å². The first-order chi connectivity index (χ1) is 23.5. The van der Waals surface area contributed by atoms with Gasteiger partial charge in [-0.05, 0) is 116 Å².